The van der Waals surface area contributed by atoms with E-state index in [9.17, 15) is 4.79 Å². The standard InChI is InChI=1S/C19H17BrIN3O/c1-12-18(20)13(2)24(23-12)11-14-4-3-5-15(10-14)19(25)22-17-8-6-16(21)7-9-17/h3-10H,11H2,1-2H3,(H,22,25). The van der Waals surface area contributed by atoms with Crippen LogP contribution in [0.5, 0.6) is 0 Å². The number of nitrogens with zero attached hydrogens (tertiary/aromatic N) is 2. The monoisotopic (exact) mass is 509 g/mol. The van der Waals surface area contributed by atoms with Crippen LogP contribution in [0, 0.1) is 17.4 Å². The predicted octanol–water partition coefficient (Wildman–Crippen LogP) is 5.17. The Balaban J connectivity index is 1.77. The number of aromatic nitrogens is 2. The average Bonchev–Trinajstić information content (AvgIpc) is 2.84. The molecule has 6 heteroatoms. The maximum absolute atomic E-state index is 12.5. The number of aryl methyl sites for hydroxylation is 1. The number of hydrogen-bond donors (Lipinski definition) is 1. The van der Waals surface area contributed by atoms with E-state index < -0.39 is 0 Å². The van der Waals surface area contributed by atoms with Crippen molar-refractivity contribution in [1.29, 1.82) is 0 Å². The maximum Gasteiger partial charge on any atom is 0.255 e. The molecule has 0 aliphatic heterocycles. The molecule has 0 radical (unpaired) electrons. The summed E-state index contributed by atoms with van der Waals surface area (Å²) >= 11 is 5.78. The van der Waals surface area contributed by atoms with Gasteiger partial charge in [-0.15, -0.1) is 0 Å². The lowest BCUT2D eigenvalue weighted by atomic mass is 10.1. The second-order valence-electron chi connectivity index (χ2n) is 5.80. The molecular weight excluding hydrogens is 493 g/mol. The van der Waals surface area contributed by atoms with Crippen LogP contribution < -0.4 is 5.32 Å². The zero-order valence-corrected chi connectivity index (χ0v) is 17.6. The number of nitrogens with one attached hydrogen (secondary N) is 1. The molecule has 3 aromatic rings. The van der Waals surface area contributed by atoms with Crippen molar-refractivity contribution in [1.82, 2.24) is 9.78 Å². The quantitative estimate of drug-likeness (QED) is 0.493. The van der Waals surface area contributed by atoms with Crippen LogP contribution in [0.25, 0.3) is 0 Å². The minimum atomic E-state index is -0.113. The van der Waals surface area contributed by atoms with Crippen molar-refractivity contribution >= 4 is 50.1 Å². The number of carbonyl (C=O) groups excluding carboxylic acids is 1. The van der Waals surface area contributed by atoms with Crippen LogP contribution in [0.4, 0.5) is 5.69 Å². The second kappa shape index (κ2) is 7.70. The van der Waals surface area contributed by atoms with Gasteiger partial charge in [-0.3, -0.25) is 9.48 Å². The van der Waals surface area contributed by atoms with Crippen molar-refractivity contribution in [2.24, 2.45) is 0 Å². The first-order valence-electron chi connectivity index (χ1n) is 7.79. The van der Waals surface area contributed by atoms with Gasteiger partial charge in [-0.2, -0.15) is 5.10 Å². The van der Waals surface area contributed by atoms with Gasteiger partial charge in [0.2, 0.25) is 0 Å². The summed E-state index contributed by atoms with van der Waals surface area (Å²) in [4.78, 5) is 12.5. The van der Waals surface area contributed by atoms with E-state index in [0.717, 1.165) is 30.7 Å². The molecule has 1 N–H and O–H groups in total. The first-order valence-corrected chi connectivity index (χ1v) is 9.66. The lowest BCUT2D eigenvalue weighted by Crippen LogP contribution is -2.12. The Morgan fingerprint density at radius 1 is 1.20 bits per heavy atom. The Morgan fingerprint density at radius 3 is 2.56 bits per heavy atom. The molecule has 0 bridgehead atoms. The molecule has 25 heavy (non-hydrogen) atoms. The van der Waals surface area contributed by atoms with Crippen molar-refractivity contribution in [3.63, 3.8) is 0 Å². The van der Waals surface area contributed by atoms with Gasteiger partial charge in [0.25, 0.3) is 5.91 Å². The first-order chi connectivity index (χ1) is 11.9. The summed E-state index contributed by atoms with van der Waals surface area (Å²) in [6, 6.07) is 15.4. The predicted molar refractivity (Wildman–Crippen MR) is 112 cm³/mol. The summed E-state index contributed by atoms with van der Waals surface area (Å²) in [5, 5.41) is 7.45. The highest BCUT2D eigenvalue weighted by molar-refractivity contribution is 14.1. The van der Waals surface area contributed by atoms with Crippen LogP contribution in [0.3, 0.4) is 0 Å². The first kappa shape index (κ1) is 18.1. The molecule has 0 unspecified atom stereocenters. The van der Waals surface area contributed by atoms with E-state index in [-0.39, 0.29) is 5.91 Å². The van der Waals surface area contributed by atoms with Gasteiger partial charge in [0.05, 0.1) is 22.4 Å². The number of hydrogen-bond acceptors (Lipinski definition) is 2. The van der Waals surface area contributed by atoms with Crippen molar-refractivity contribution < 1.29 is 4.79 Å². The zero-order chi connectivity index (χ0) is 18.0. The van der Waals surface area contributed by atoms with Crippen molar-refractivity contribution in [3.8, 4) is 0 Å². The van der Waals surface area contributed by atoms with Crippen molar-refractivity contribution in [2.45, 2.75) is 20.4 Å². The van der Waals surface area contributed by atoms with E-state index in [1.54, 1.807) is 0 Å². The molecule has 0 saturated heterocycles. The van der Waals surface area contributed by atoms with E-state index in [0.29, 0.717) is 12.1 Å². The molecule has 0 fully saturated rings. The lowest BCUT2D eigenvalue weighted by molar-refractivity contribution is 0.102. The SMILES string of the molecule is Cc1nn(Cc2cccc(C(=O)Nc3ccc(I)cc3)c2)c(C)c1Br. The van der Waals surface area contributed by atoms with Crippen LogP contribution >= 0.6 is 38.5 Å². The average molecular weight is 510 g/mol. The molecule has 0 aliphatic carbocycles. The molecule has 1 amide bonds. The highest BCUT2D eigenvalue weighted by Crippen LogP contribution is 2.21. The summed E-state index contributed by atoms with van der Waals surface area (Å²) in [7, 11) is 0. The van der Waals surface area contributed by atoms with Gasteiger partial charge in [0, 0.05) is 14.8 Å². The molecule has 1 aromatic heterocycles. The Kier molecular flexibility index (Phi) is 5.58. The van der Waals surface area contributed by atoms with Crippen LogP contribution in [-0.4, -0.2) is 15.7 Å². The third-order valence-electron chi connectivity index (χ3n) is 3.92. The number of amides is 1. The van der Waals surface area contributed by atoms with Gasteiger partial charge in [0.1, 0.15) is 0 Å². The van der Waals surface area contributed by atoms with E-state index in [2.05, 4.69) is 48.9 Å². The molecule has 0 aliphatic rings. The molecule has 4 nitrogen and oxygen atoms in total. The summed E-state index contributed by atoms with van der Waals surface area (Å²) < 4.78 is 4.10. The fourth-order valence-corrected chi connectivity index (χ4v) is 3.19. The Labute approximate surface area is 168 Å². The Bertz CT molecular complexity index is 919. The summed E-state index contributed by atoms with van der Waals surface area (Å²) in [6.45, 7) is 4.62. The summed E-state index contributed by atoms with van der Waals surface area (Å²) in [5.41, 5.74) is 4.50. The van der Waals surface area contributed by atoms with Crippen LogP contribution in [0.1, 0.15) is 27.3 Å². The number of anilines is 1. The summed E-state index contributed by atoms with van der Waals surface area (Å²) in [5.74, 6) is -0.113. The van der Waals surface area contributed by atoms with Crippen LogP contribution in [0.15, 0.2) is 53.0 Å². The van der Waals surface area contributed by atoms with Gasteiger partial charge in [0.15, 0.2) is 0 Å². The molecule has 3 rings (SSSR count). The normalized spacial score (nSPS) is 10.7. The summed E-state index contributed by atoms with van der Waals surface area (Å²) in [6.07, 6.45) is 0. The molecule has 2 aromatic carbocycles. The molecular formula is C19H17BrIN3O. The second-order valence-corrected chi connectivity index (χ2v) is 7.84. The largest absolute Gasteiger partial charge is 0.322 e. The van der Waals surface area contributed by atoms with E-state index in [1.807, 2.05) is 67.1 Å². The van der Waals surface area contributed by atoms with E-state index in [4.69, 9.17) is 0 Å². The maximum atomic E-state index is 12.5. The van der Waals surface area contributed by atoms with Crippen LogP contribution in [0.2, 0.25) is 0 Å². The number of halogens is 2. The highest BCUT2D eigenvalue weighted by Gasteiger charge is 2.11. The van der Waals surface area contributed by atoms with Gasteiger partial charge >= 0.3 is 0 Å². The molecule has 0 saturated carbocycles. The fourth-order valence-electron chi connectivity index (χ4n) is 2.55. The minimum Gasteiger partial charge on any atom is -0.322 e. The van der Waals surface area contributed by atoms with Crippen molar-refractivity contribution in [3.05, 3.63) is 79.1 Å². The molecule has 0 spiro atoms. The van der Waals surface area contributed by atoms with Crippen molar-refractivity contribution in [2.75, 3.05) is 5.32 Å². The van der Waals surface area contributed by atoms with Crippen LogP contribution in [-0.2, 0) is 6.54 Å². The van der Waals surface area contributed by atoms with Gasteiger partial charge < -0.3 is 5.32 Å². The lowest BCUT2D eigenvalue weighted by Gasteiger charge is -2.08. The van der Waals surface area contributed by atoms with Gasteiger partial charge in [-0.1, -0.05) is 12.1 Å². The third-order valence-corrected chi connectivity index (χ3v) is 5.78. The number of carbonyl (C=O) groups is 1. The fraction of sp³-hybridized carbons (Fsp3) is 0.158. The van der Waals surface area contributed by atoms with E-state index in [1.165, 1.54) is 0 Å². The van der Waals surface area contributed by atoms with E-state index >= 15 is 0 Å². The Hall–Kier alpha value is -1.67. The molecule has 1 heterocycles. The van der Waals surface area contributed by atoms with Gasteiger partial charge in [-0.25, -0.2) is 0 Å². The Morgan fingerprint density at radius 2 is 1.92 bits per heavy atom. The molecule has 128 valence electrons. The zero-order valence-electron chi connectivity index (χ0n) is 13.9. The third kappa shape index (κ3) is 4.30. The molecule has 0 atom stereocenters. The highest BCUT2D eigenvalue weighted by atomic mass is 127. The smallest absolute Gasteiger partial charge is 0.255 e. The number of rotatable bonds is 4. The minimum absolute atomic E-state index is 0.113. The topological polar surface area (TPSA) is 46.9 Å². The van der Waals surface area contributed by atoms with Gasteiger partial charge in [-0.05, 0) is 94.3 Å². The number of benzene rings is 2.